The van der Waals surface area contributed by atoms with Gasteiger partial charge >= 0.3 is 0 Å². The van der Waals surface area contributed by atoms with Crippen LogP contribution in [0.4, 0.5) is 0 Å². The predicted molar refractivity (Wildman–Crippen MR) is 119 cm³/mol. The largest absolute Gasteiger partial charge is 0.494 e. The summed E-state index contributed by atoms with van der Waals surface area (Å²) in [6.45, 7) is 4.72. The van der Waals surface area contributed by atoms with Crippen molar-refractivity contribution < 1.29 is 14.0 Å². The first-order chi connectivity index (χ1) is 15.1. The highest BCUT2D eigenvalue weighted by Gasteiger charge is 2.16. The van der Waals surface area contributed by atoms with Crippen molar-refractivity contribution in [2.24, 2.45) is 0 Å². The van der Waals surface area contributed by atoms with Crippen LogP contribution in [0.3, 0.4) is 0 Å². The molecule has 160 valence electrons. The minimum Gasteiger partial charge on any atom is -0.494 e. The van der Waals surface area contributed by atoms with E-state index in [0.717, 1.165) is 33.8 Å². The SMILES string of the molecule is CCOc1ccc(OCc2nnc(SCc3cc(C)no3)n2-c2ccc(Cl)cc2)cc1. The Labute approximate surface area is 189 Å². The number of aryl methyl sites for hydroxylation is 1. The molecule has 0 radical (unpaired) electrons. The van der Waals surface area contributed by atoms with E-state index in [9.17, 15) is 0 Å². The molecule has 9 heteroatoms. The lowest BCUT2D eigenvalue weighted by molar-refractivity contribution is 0.291. The molecule has 0 aliphatic heterocycles. The molecule has 4 aromatic rings. The van der Waals surface area contributed by atoms with Gasteiger partial charge in [-0.1, -0.05) is 28.5 Å². The molecular formula is C22H21ClN4O3S. The fraction of sp³-hybridized carbons (Fsp3) is 0.227. The van der Waals surface area contributed by atoms with Crippen LogP contribution in [-0.4, -0.2) is 26.5 Å². The molecule has 4 rings (SSSR count). The summed E-state index contributed by atoms with van der Waals surface area (Å²) in [5, 5.41) is 14.0. The van der Waals surface area contributed by atoms with Crippen LogP contribution in [0.1, 0.15) is 24.2 Å². The zero-order valence-electron chi connectivity index (χ0n) is 17.1. The van der Waals surface area contributed by atoms with Crippen LogP contribution in [0.2, 0.25) is 5.02 Å². The summed E-state index contributed by atoms with van der Waals surface area (Å²) in [4.78, 5) is 0. The van der Waals surface area contributed by atoms with E-state index < -0.39 is 0 Å². The molecule has 31 heavy (non-hydrogen) atoms. The number of thioether (sulfide) groups is 1. The van der Waals surface area contributed by atoms with E-state index in [1.165, 1.54) is 11.8 Å². The molecule has 2 heterocycles. The van der Waals surface area contributed by atoms with Crippen LogP contribution in [0.15, 0.2) is 64.3 Å². The van der Waals surface area contributed by atoms with Gasteiger partial charge in [-0.2, -0.15) is 0 Å². The van der Waals surface area contributed by atoms with Gasteiger partial charge in [0, 0.05) is 16.8 Å². The molecule has 0 fully saturated rings. The van der Waals surface area contributed by atoms with Crippen molar-refractivity contribution in [1.29, 1.82) is 0 Å². The van der Waals surface area contributed by atoms with Crippen molar-refractivity contribution >= 4 is 23.4 Å². The average molecular weight is 457 g/mol. The topological polar surface area (TPSA) is 75.2 Å². The van der Waals surface area contributed by atoms with Crippen molar-refractivity contribution in [3.05, 3.63) is 76.9 Å². The van der Waals surface area contributed by atoms with Crippen molar-refractivity contribution in [2.75, 3.05) is 6.61 Å². The first-order valence-electron chi connectivity index (χ1n) is 9.73. The lowest BCUT2D eigenvalue weighted by Crippen LogP contribution is -2.06. The van der Waals surface area contributed by atoms with Gasteiger partial charge < -0.3 is 14.0 Å². The molecule has 0 aliphatic rings. The van der Waals surface area contributed by atoms with Crippen molar-refractivity contribution in [1.82, 2.24) is 19.9 Å². The zero-order valence-corrected chi connectivity index (χ0v) is 18.7. The van der Waals surface area contributed by atoms with Crippen LogP contribution in [-0.2, 0) is 12.4 Å². The minimum absolute atomic E-state index is 0.256. The number of ether oxygens (including phenoxy) is 2. The standard InChI is InChI=1S/C22H21ClN4O3S/c1-3-28-18-8-10-19(11-9-18)29-13-21-24-25-22(31-14-20-12-15(2)26-30-20)27(21)17-6-4-16(23)5-7-17/h4-12H,3,13-14H2,1-2H3. The summed E-state index contributed by atoms with van der Waals surface area (Å²) >= 11 is 7.59. The summed E-state index contributed by atoms with van der Waals surface area (Å²) in [5.74, 6) is 3.57. The number of halogens is 1. The normalized spacial score (nSPS) is 10.9. The summed E-state index contributed by atoms with van der Waals surface area (Å²) in [5.41, 5.74) is 1.75. The van der Waals surface area contributed by atoms with Gasteiger partial charge in [0.2, 0.25) is 0 Å². The van der Waals surface area contributed by atoms with Gasteiger partial charge in [0.15, 0.2) is 11.0 Å². The highest BCUT2D eigenvalue weighted by Crippen LogP contribution is 2.27. The Bertz CT molecular complexity index is 1130. The second-order valence-electron chi connectivity index (χ2n) is 6.63. The Kier molecular flexibility index (Phi) is 6.79. The molecule has 0 bridgehead atoms. The maximum Gasteiger partial charge on any atom is 0.196 e. The van der Waals surface area contributed by atoms with E-state index in [1.54, 1.807) is 0 Å². The van der Waals surface area contributed by atoms with Gasteiger partial charge in [-0.25, -0.2) is 0 Å². The Morgan fingerprint density at radius 2 is 1.71 bits per heavy atom. The quantitative estimate of drug-likeness (QED) is 0.308. The number of benzene rings is 2. The molecule has 0 atom stereocenters. The number of nitrogens with zero attached hydrogens (tertiary/aromatic N) is 4. The van der Waals surface area contributed by atoms with E-state index >= 15 is 0 Å². The van der Waals surface area contributed by atoms with Crippen LogP contribution < -0.4 is 9.47 Å². The Balaban J connectivity index is 1.54. The lowest BCUT2D eigenvalue weighted by Gasteiger charge is -2.11. The van der Waals surface area contributed by atoms with E-state index in [1.807, 2.05) is 73.0 Å². The maximum atomic E-state index is 6.07. The number of hydrogen-bond donors (Lipinski definition) is 0. The van der Waals surface area contributed by atoms with Gasteiger partial charge in [-0.3, -0.25) is 4.57 Å². The fourth-order valence-corrected chi connectivity index (χ4v) is 3.88. The van der Waals surface area contributed by atoms with Gasteiger partial charge in [0.25, 0.3) is 0 Å². The molecule has 2 aromatic carbocycles. The first-order valence-corrected chi connectivity index (χ1v) is 11.1. The van der Waals surface area contributed by atoms with Crippen molar-refractivity contribution in [3.63, 3.8) is 0 Å². The van der Waals surface area contributed by atoms with Crippen molar-refractivity contribution in [3.8, 4) is 17.2 Å². The van der Waals surface area contributed by atoms with Crippen LogP contribution in [0, 0.1) is 6.92 Å². The molecular weight excluding hydrogens is 436 g/mol. The summed E-state index contributed by atoms with van der Waals surface area (Å²) in [6.07, 6.45) is 0. The molecule has 2 aromatic heterocycles. The summed E-state index contributed by atoms with van der Waals surface area (Å²) in [6, 6.07) is 16.9. The molecule has 0 N–H and O–H groups in total. The number of aromatic nitrogens is 4. The van der Waals surface area contributed by atoms with Gasteiger partial charge in [-0.15, -0.1) is 10.2 Å². The monoisotopic (exact) mass is 456 g/mol. The number of rotatable bonds is 9. The molecule has 0 saturated carbocycles. The number of hydrogen-bond acceptors (Lipinski definition) is 7. The van der Waals surface area contributed by atoms with E-state index in [2.05, 4.69) is 15.4 Å². The second kappa shape index (κ2) is 9.89. The van der Waals surface area contributed by atoms with Crippen LogP contribution >= 0.6 is 23.4 Å². The third-order valence-electron chi connectivity index (χ3n) is 4.31. The third kappa shape index (κ3) is 5.39. The summed E-state index contributed by atoms with van der Waals surface area (Å²) in [7, 11) is 0. The summed E-state index contributed by atoms with van der Waals surface area (Å²) < 4.78 is 18.7. The average Bonchev–Trinajstić information content (AvgIpc) is 3.38. The lowest BCUT2D eigenvalue weighted by atomic mass is 10.3. The van der Waals surface area contributed by atoms with E-state index in [4.69, 9.17) is 25.6 Å². The Morgan fingerprint density at radius 1 is 1.00 bits per heavy atom. The van der Waals surface area contributed by atoms with E-state index in [-0.39, 0.29) is 6.61 Å². The smallest absolute Gasteiger partial charge is 0.196 e. The van der Waals surface area contributed by atoms with E-state index in [0.29, 0.717) is 23.2 Å². The molecule has 0 saturated heterocycles. The van der Waals surface area contributed by atoms with Crippen LogP contribution in [0.25, 0.3) is 5.69 Å². The highest BCUT2D eigenvalue weighted by atomic mass is 35.5. The molecule has 0 spiro atoms. The minimum atomic E-state index is 0.256. The second-order valence-corrected chi connectivity index (χ2v) is 8.01. The zero-order chi connectivity index (χ0) is 21.6. The third-order valence-corrected chi connectivity index (χ3v) is 5.51. The van der Waals surface area contributed by atoms with Crippen molar-refractivity contribution in [2.45, 2.75) is 31.4 Å². The highest BCUT2D eigenvalue weighted by molar-refractivity contribution is 7.98. The Hall–Kier alpha value is -2.97. The van der Waals surface area contributed by atoms with Crippen LogP contribution in [0.5, 0.6) is 11.5 Å². The fourth-order valence-electron chi connectivity index (χ4n) is 2.90. The van der Waals surface area contributed by atoms with Gasteiger partial charge in [0.05, 0.1) is 18.1 Å². The maximum absolute atomic E-state index is 6.07. The Morgan fingerprint density at radius 3 is 2.35 bits per heavy atom. The predicted octanol–water partition coefficient (Wildman–Crippen LogP) is 5.49. The molecule has 0 aliphatic carbocycles. The first kappa shape index (κ1) is 21.3. The van der Waals surface area contributed by atoms with Gasteiger partial charge in [0.1, 0.15) is 23.9 Å². The molecule has 0 amide bonds. The molecule has 0 unspecified atom stereocenters. The van der Waals surface area contributed by atoms with Gasteiger partial charge in [-0.05, 0) is 62.4 Å². The molecule has 7 nitrogen and oxygen atoms in total.